The normalized spacial score (nSPS) is 23.0. The Balaban J connectivity index is 1.45. The van der Waals surface area contributed by atoms with Crippen molar-refractivity contribution in [1.29, 1.82) is 0 Å². The summed E-state index contributed by atoms with van der Waals surface area (Å²) in [5, 5.41) is 0. The lowest BCUT2D eigenvalue weighted by Gasteiger charge is -2.34. The van der Waals surface area contributed by atoms with E-state index in [0.29, 0.717) is 12.3 Å². The highest BCUT2D eigenvalue weighted by atomic mass is 19.1. The van der Waals surface area contributed by atoms with Crippen molar-refractivity contribution in [3.8, 4) is 0 Å². The zero-order valence-electron chi connectivity index (χ0n) is 15.4. The van der Waals surface area contributed by atoms with Crippen LogP contribution in [0.3, 0.4) is 0 Å². The van der Waals surface area contributed by atoms with E-state index in [1.165, 1.54) is 12.1 Å². The number of ether oxygens (including phenoxy) is 1. The monoisotopic (exact) mass is 363 g/mol. The maximum absolute atomic E-state index is 13.0. The Kier molecular flexibility index (Phi) is 7.00. The van der Waals surface area contributed by atoms with Gasteiger partial charge in [-0.05, 0) is 42.9 Å². The van der Waals surface area contributed by atoms with E-state index in [9.17, 15) is 9.18 Å². The number of piperidine rings is 1. The topological polar surface area (TPSA) is 58.8 Å². The molecule has 1 amide bonds. The third-order valence-electron chi connectivity index (χ3n) is 5.34. The van der Waals surface area contributed by atoms with Gasteiger partial charge >= 0.3 is 0 Å². The number of hydrogen-bond acceptors (Lipinski definition) is 4. The van der Waals surface area contributed by atoms with Gasteiger partial charge in [-0.25, -0.2) is 4.39 Å². The van der Waals surface area contributed by atoms with Gasteiger partial charge in [0.05, 0.1) is 13.2 Å². The average Bonchev–Trinajstić information content (AvgIpc) is 2.64. The number of morpholine rings is 1. The maximum atomic E-state index is 13.0. The van der Waals surface area contributed by atoms with E-state index in [1.807, 2.05) is 17.0 Å². The molecule has 2 saturated heterocycles. The Hall–Kier alpha value is -1.50. The summed E-state index contributed by atoms with van der Waals surface area (Å²) in [4.78, 5) is 16.9. The van der Waals surface area contributed by atoms with E-state index in [2.05, 4.69) is 4.90 Å². The first-order chi connectivity index (χ1) is 12.6. The molecule has 2 atom stereocenters. The second kappa shape index (κ2) is 9.44. The predicted molar refractivity (Wildman–Crippen MR) is 99.3 cm³/mol. The highest BCUT2D eigenvalue weighted by Gasteiger charge is 2.25. The van der Waals surface area contributed by atoms with Crippen LogP contribution in [0.2, 0.25) is 0 Å². The van der Waals surface area contributed by atoms with E-state index in [1.54, 1.807) is 0 Å². The van der Waals surface area contributed by atoms with Gasteiger partial charge in [-0.1, -0.05) is 12.1 Å². The van der Waals surface area contributed by atoms with Crippen molar-refractivity contribution in [3.63, 3.8) is 0 Å². The second-order valence-corrected chi connectivity index (χ2v) is 7.56. The summed E-state index contributed by atoms with van der Waals surface area (Å²) in [6.07, 6.45) is 3.43. The average molecular weight is 363 g/mol. The molecule has 26 heavy (non-hydrogen) atoms. The fraction of sp³-hybridized carbons (Fsp3) is 0.650. The standard InChI is InChI=1S/C20H30FN3O2/c21-18-5-3-16(4-6-18)12-17-2-1-7-24(14-17)20(25)13-19(22)15-23-8-10-26-11-9-23/h3-6,17,19H,1-2,7-15,22H2. The quantitative estimate of drug-likeness (QED) is 0.835. The number of rotatable bonds is 6. The number of nitrogens with zero attached hydrogens (tertiary/aromatic N) is 2. The van der Waals surface area contributed by atoms with Gasteiger partial charge in [0.2, 0.25) is 5.91 Å². The minimum absolute atomic E-state index is 0.127. The van der Waals surface area contributed by atoms with Crippen molar-refractivity contribution in [1.82, 2.24) is 9.80 Å². The summed E-state index contributed by atoms with van der Waals surface area (Å²) in [6, 6.07) is 6.57. The minimum Gasteiger partial charge on any atom is -0.379 e. The summed E-state index contributed by atoms with van der Waals surface area (Å²) in [6.45, 7) is 5.64. The molecule has 144 valence electrons. The van der Waals surface area contributed by atoms with Crippen LogP contribution in [0.25, 0.3) is 0 Å². The van der Waals surface area contributed by atoms with Crippen LogP contribution in [0, 0.1) is 11.7 Å². The molecule has 0 spiro atoms. The molecule has 0 aromatic heterocycles. The van der Waals surface area contributed by atoms with Gasteiger partial charge in [0.25, 0.3) is 0 Å². The summed E-state index contributed by atoms with van der Waals surface area (Å²) in [5.74, 6) is 0.395. The van der Waals surface area contributed by atoms with Gasteiger partial charge in [0.1, 0.15) is 5.82 Å². The highest BCUT2D eigenvalue weighted by Crippen LogP contribution is 2.22. The molecule has 2 unspecified atom stereocenters. The van der Waals surface area contributed by atoms with Gasteiger partial charge in [0, 0.05) is 45.2 Å². The van der Waals surface area contributed by atoms with Crippen molar-refractivity contribution in [2.24, 2.45) is 11.7 Å². The molecule has 6 heteroatoms. The van der Waals surface area contributed by atoms with Crippen LogP contribution in [0.1, 0.15) is 24.8 Å². The number of carbonyl (C=O) groups is 1. The predicted octanol–water partition coefficient (Wildman–Crippen LogP) is 1.66. The van der Waals surface area contributed by atoms with Crippen LogP contribution in [0.5, 0.6) is 0 Å². The van der Waals surface area contributed by atoms with E-state index in [4.69, 9.17) is 10.5 Å². The number of likely N-dealkylation sites (tertiary alicyclic amines) is 1. The molecule has 0 radical (unpaired) electrons. The Morgan fingerprint density at radius 2 is 1.96 bits per heavy atom. The van der Waals surface area contributed by atoms with Crippen LogP contribution < -0.4 is 5.73 Å². The fourth-order valence-corrected chi connectivity index (χ4v) is 3.95. The minimum atomic E-state index is -0.205. The molecule has 2 heterocycles. The Morgan fingerprint density at radius 3 is 2.69 bits per heavy atom. The summed E-state index contributed by atoms with van der Waals surface area (Å²) in [7, 11) is 0. The van der Waals surface area contributed by atoms with Gasteiger partial charge in [-0.2, -0.15) is 0 Å². The number of carbonyl (C=O) groups excluding carboxylic acids is 1. The molecule has 1 aromatic rings. The van der Waals surface area contributed by atoms with Crippen molar-refractivity contribution < 1.29 is 13.9 Å². The number of benzene rings is 1. The number of nitrogens with two attached hydrogens (primary N) is 1. The molecule has 2 aliphatic rings. The molecular formula is C20H30FN3O2. The van der Waals surface area contributed by atoms with Gasteiger partial charge in [-0.15, -0.1) is 0 Å². The van der Waals surface area contributed by atoms with Crippen LogP contribution in [-0.2, 0) is 16.0 Å². The maximum Gasteiger partial charge on any atom is 0.224 e. The zero-order chi connectivity index (χ0) is 18.4. The van der Waals surface area contributed by atoms with Crippen molar-refractivity contribution in [2.75, 3.05) is 45.9 Å². The lowest BCUT2D eigenvalue weighted by Crippen LogP contribution is -2.47. The molecule has 1 aromatic carbocycles. The van der Waals surface area contributed by atoms with Crippen LogP contribution in [0.15, 0.2) is 24.3 Å². The Labute approximate surface area is 155 Å². The lowest BCUT2D eigenvalue weighted by atomic mass is 9.91. The first kappa shape index (κ1) is 19.3. The first-order valence-electron chi connectivity index (χ1n) is 9.68. The molecule has 0 saturated carbocycles. The zero-order valence-corrected chi connectivity index (χ0v) is 15.4. The second-order valence-electron chi connectivity index (χ2n) is 7.56. The van der Waals surface area contributed by atoms with Crippen LogP contribution in [-0.4, -0.2) is 67.7 Å². The number of halogens is 1. The fourth-order valence-electron chi connectivity index (χ4n) is 3.95. The summed E-state index contributed by atoms with van der Waals surface area (Å²) in [5.41, 5.74) is 7.35. The third kappa shape index (κ3) is 5.76. The van der Waals surface area contributed by atoms with E-state index >= 15 is 0 Å². The third-order valence-corrected chi connectivity index (χ3v) is 5.34. The summed E-state index contributed by atoms with van der Waals surface area (Å²) >= 11 is 0. The number of hydrogen-bond donors (Lipinski definition) is 1. The van der Waals surface area contributed by atoms with Crippen molar-refractivity contribution in [3.05, 3.63) is 35.6 Å². The smallest absolute Gasteiger partial charge is 0.224 e. The molecule has 2 N–H and O–H groups in total. The molecule has 2 fully saturated rings. The highest BCUT2D eigenvalue weighted by molar-refractivity contribution is 5.77. The molecule has 3 rings (SSSR count). The van der Waals surface area contributed by atoms with Crippen molar-refractivity contribution in [2.45, 2.75) is 31.7 Å². The van der Waals surface area contributed by atoms with E-state index in [-0.39, 0.29) is 17.8 Å². The molecule has 0 aliphatic carbocycles. The SMILES string of the molecule is NC(CC(=O)N1CCCC(Cc2ccc(F)cc2)C1)CN1CCOCC1. The van der Waals surface area contributed by atoms with Crippen LogP contribution in [0.4, 0.5) is 4.39 Å². The number of amides is 1. The van der Waals surface area contributed by atoms with E-state index < -0.39 is 0 Å². The molecule has 0 bridgehead atoms. The first-order valence-corrected chi connectivity index (χ1v) is 9.68. The Bertz CT molecular complexity index is 575. The molecule has 2 aliphatic heterocycles. The Morgan fingerprint density at radius 1 is 1.23 bits per heavy atom. The molecule has 5 nitrogen and oxygen atoms in total. The van der Waals surface area contributed by atoms with Gasteiger partial charge < -0.3 is 15.4 Å². The van der Waals surface area contributed by atoms with E-state index in [0.717, 1.165) is 70.8 Å². The van der Waals surface area contributed by atoms with Crippen molar-refractivity contribution >= 4 is 5.91 Å². The van der Waals surface area contributed by atoms with Gasteiger partial charge in [0.15, 0.2) is 0 Å². The lowest BCUT2D eigenvalue weighted by molar-refractivity contribution is -0.133. The summed E-state index contributed by atoms with van der Waals surface area (Å²) < 4.78 is 18.4. The van der Waals surface area contributed by atoms with Gasteiger partial charge in [-0.3, -0.25) is 9.69 Å². The molecular weight excluding hydrogens is 333 g/mol. The largest absolute Gasteiger partial charge is 0.379 e. The van der Waals surface area contributed by atoms with Crippen LogP contribution >= 0.6 is 0 Å².